The first-order chi connectivity index (χ1) is 9.74. The average molecular weight is 279 g/mol. The molecule has 1 unspecified atom stereocenters. The van der Waals surface area contributed by atoms with Crippen molar-refractivity contribution in [2.75, 3.05) is 25.6 Å². The van der Waals surface area contributed by atoms with Crippen LogP contribution in [0, 0.1) is 5.92 Å². The van der Waals surface area contributed by atoms with Crippen molar-refractivity contribution in [2.45, 2.75) is 38.2 Å². The zero-order valence-electron chi connectivity index (χ0n) is 12.0. The Hall–Kier alpha value is -1.26. The summed E-state index contributed by atoms with van der Waals surface area (Å²) in [7, 11) is 0. The Morgan fingerprint density at radius 1 is 1.10 bits per heavy atom. The molecule has 0 bridgehead atoms. The maximum absolute atomic E-state index is 9.82. The molecule has 0 saturated heterocycles. The fourth-order valence-corrected chi connectivity index (χ4v) is 2.53. The van der Waals surface area contributed by atoms with E-state index in [2.05, 4.69) is 0 Å². The Morgan fingerprint density at radius 2 is 1.80 bits per heavy atom. The largest absolute Gasteiger partial charge is 0.491 e. The molecule has 0 aliphatic heterocycles. The van der Waals surface area contributed by atoms with Gasteiger partial charge in [0.15, 0.2) is 0 Å². The van der Waals surface area contributed by atoms with E-state index in [9.17, 15) is 5.11 Å². The van der Waals surface area contributed by atoms with Crippen LogP contribution in [0.5, 0.6) is 5.75 Å². The number of hydrogen-bond acceptors (Lipinski definition) is 4. The van der Waals surface area contributed by atoms with Crippen LogP contribution >= 0.6 is 0 Å². The lowest BCUT2D eigenvalue weighted by Crippen LogP contribution is -2.25. The number of anilines is 1. The van der Waals surface area contributed by atoms with Gasteiger partial charge in [-0.25, -0.2) is 0 Å². The predicted molar refractivity (Wildman–Crippen MR) is 79.8 cm³/mol. The Morgan fingerprint density at radius 3 is 2.50 bits per heavy atom. The number of benzene rings is 1. The highest BCUT2D eigenvalue weighted by molar-refractivity contribution is 5.41. The molecule has 3 N–H and O–H groups in total. The first-order valence-corrected chi connectivity index (χ1v) is 7.48. The number of ether oxygens (including phenoxy) is 2. The van der Waals surface area contributed by atoms with Gasteiger partial charge in [-0.3, -0.25) is 0 Å². The van der Waals surface area contributed by atoms with Gasteiger partial charge in [-0.15, -0.1) is 0 Å². The number of nitrogens with two attached hydrogens (primary N) is 1. The SMILES string of the molecule is Nc1ccc(OCC(O)COCC2CCCCC2)cc1. The first-order valence-electron chi connectivity index (χ1n) is 7.48. The molecule has 1 aromatic carbocycles. The molecule has 1 aromatic rings. The van der Waals surface area contributed by atoms with Crippen LogP contribution < -0.4 is 10.5 Å². The van der Waals surface area contributed by atoms with Gasteiger partial charge in [-0.2, -0.15) is 0 Å². The van der Waals surface area contributed by atoms with Crippen molar-refractivity contribution in [3.05, 3.63) is 24.3 Å². The van der Waals surface area contributed by atoms with Gasteiger partial charge in [-0.1, -0.05) is 19.3 Å². The summed E-state index contributed by atoms with van der Waals surface area (Å²) >= 11 is 0. The van der Waals surface area contributed by atoms with Crippen LogP contribution in [0.1, 0.15) is 32.1 Å². The predicted octanol–water partition coefficient (Wildman–Crippen LogP) is 2.61. The molecule has 4 nitrogen and oxygen atoms in total. The van der Waals surface area contributed by atoms with Gasteiger partial charge in [-0.05, 0) is 43.0 Å². The van der Waals surface area contributed by atoms with E-state index in [1.165, 1.54) is 32.1 Å². The van der Waals surface area contributed by atoms with E-state index >= 15 is 0 Å². The van der Waals surface area contributed by atoms with Crippen LogP contribution in [0.15, 0.2) is 24.3 Å². The van der Waals surface area contributed by atoms with E-state index in [0.717, 1.165) is 6.61 Å². The summed E-state index contributed by atoms with van der Waals surface area (Å²) in [6, 6.07) is 7.15. The van der Waals surface area contributed by atoms with E-state index in [4.69, 9.17) is 15.2 Å². The van der Waals surface area contributed by atoms with Crippen LogP contribution in [0.25, 0.3) is 0 Å². The zero-order valence-corrected chi connectivity index (χ0v) is 12.0. The van der Waals surface area contributed by atoms with Gasteiger partial charge in [0.1, 0.15) is 18.5 Å². The second-order valence-corrected chi connectivity index (χ2v) is 5.58. The van der Waals surface area contributed by atoms with E-state index in [0.29, 0.717) is 24.0 Å². The van der Waals surface area contributed by atoms with E-state index in [-0.39, 0.29) is 6.61 Å². The van der Waals surface area contributed by atoms with Gasteiger partial charge in [0.25, 0.3) is 0 Å². The quantitative estimate of drug-likeness (QED) is 0.753. The normalized spacial score (nSPS) is 17.9. The van der Waals surface area contributed by atoms with Crippen molar-refractivity contribution < 1.29 is 14.6 Å². The number of rotatable bonds is 7. The number of nitrogen functional groups attached to an aromatic ring is 1. The molecule has 1 fully saturated rings. The van der Waals surface area contributed by atoms with E-state index in [1.54, 1.807) is 24.3 Å². The maximum atomic E-state index is 9.82. The van der Waals surface area contributed by atoms with E-state index in [1.807, 2.05) is 0 Å². The van der Waals surface area contributed by atoms with Gasteiger partial charge in [0, 0.05) is 12.3 Å². The summed E-state index contributed by atoms with van der Waals surface area (Å²) in [4.78, 5) is 0. The van der Waals surface area contributed by atoms with Crippen molar-refractivity contribution in [3.8, 4) is 5.75 Å². The minimum atomic E-state index is -0.587. The smallest absolute Gasteiger partial charge is 0.119 e. The van der Waals surface area contributed by atoms with Crippen molar-refractivity contribution in [2.24, 2.45) is 5.92 Å². The summed E-state index contributed by atoms with van der Waals surface area (Å²) in [6.45, 7) is 1.35. The highest BCUT2D eigenvalue weighted by atomic mass is 16.5. The van der Waals surface area contributed by atoms with Crippen molar-refractivity contribution in [1.29, 1.82) is 0 Å². The van der Waals surface area contributed by atoms with Crippen molar-refractivity contribution in [3.63, 3.8) is 0 Å². The second kappa shape index (κ2) is 8.12. The van der Waals surface area contributed by atoms with Gasteiger partial charge in [0.2, 0.25) is 0 Å². The molecule has 0 amide bonds. The van der Waals surface area contributed by atoms with Crippen LogP contribution in [-0.2, 0) is 4.74 Å². The lowest BCUT2D eigenvalue weighted by Gasteiger charge is -2.22. The van der Waals surface area contributed by atoms with Crippen LogP contribution in [0.2, 0.25) is 0 Å². The fourth-order valence-electron chi connectivity index (χ4n) is 2.53. The van der Waals surface area contributed by atoms with Crippen molar-refractivity contribution >= 4 is 5.69 Å². The molecule has 1 saturated carbocycles. The fraction of sp³-hybridized carbons (Fsp3) is 0.625. The third kappa shape index (κ3) is 5.39. The minimum Gasteiger partial charge on any atom is -0.491 e. The summed E-state index contributed by atoms with van der Waals surface area (Å²) in [6.07, 6.45) is 5.93. The zero-order chi connectivity index (χ0) is 14.2. The molecule has 112 valence electrons. The molecule has 4 heteroatoms. The Kier molecular flexibility index (Phi) is 6.15. The number of aliphatic hydroxyl groups is 1. The highest BCUT2D eigenvalue weighted by Crippen LogP contribution is 2.23. The van der Waals surface area contributed by atoms with Crippen molar-refractivity contribution in [1.82, 2.24) is 0 Å². The standard InChI is InChI=1S/C16H25NO3/c17-14-6-8-16(9-7-14)20-12-15(18)11-19-10-13-4-2-1-3-5-13/h6-9,13,15,18H,1-5,10-12,17H2. The third-order valence-corrected chi connectivity index (χ3v) is 3.71. The Bertz CT molecular complexity index is 374. The molecule has 0 aromatic heterocycles. The molecule has 2 rings (SSSR count). The maximum Gasteiger partial charge on any atom is 0.119 e. The topological polar surface area (TPSA) is 64.7 Å². The summed E-state index contributed by atoms with van der Waals surface area (Å²) in [5.74, 6) is 1.39. The molecule has 1 aliphatic rings. The highest BCUT2D eigenvalue weighted by Gasteiger charge is 2.14. The molecular weight excluding hydrogens is 254 g/mol. The van der Waals surface area contributed by atoms with Gasteiger partial charge >= 0.3 is 0 Å². The third-order valence-electron chi connectivity index (χ3n) is 3.71. The molecule has 0 heterocycles. The molecule has 20 heavy (non-hydrogen) atoms. The number of hydrogen-bond donors (Lipinski definition) is 2. The summed E-state index contributed by atoms with van der Waals surface area (Å²) in [5, 5.41) is 9.82. The number of aliphatic hydroxyl groups excluding tert-OH is 1. The van der Waals surface area contributed by atoms with Crippen LogP contribution in [0.4, 0.5) is 5.69 Å². The summed E-state index contributed by atoms with van der Waals surface area (Å²) in [5.41, 5.74) is 6.30. The second-order valence-electron chi connectivity index (χ2n) is 5.58. The van der Waals surface area contributed by atoms with E-state index < -0.39 is 6.10 Å². The minimum absolute atomic E-state index is 0.245. The van der Waals surface area contributed by atoms with Gasteiger partial charge in [0.05, 0.1) is 6.61 Å². The summed E-state index contributed by atoms with van der Waals surface area (Å²) < 4.78 is 11.1. The lowest BCUT2D eigenvalue weighted by molar-refractivity contribution is -0.00357. The monoisotopic (exact) mass is 279 g/mol. The molecule has 1 aliphatic carbocycles. The molecule has 0 radical (unpaired) electrons. The lowest BCUT2D eigenvalue weighted by atomic mass is 9.90. The average Bonchev–Trinajstić information content (AvgIpc) is 2.48. The van der Waals surface area contributed by atoms with Crippen LogP contribution in [-0.4, -0.2) is 31.0 Å². The molecular formula is C16H25NO3. The Labute approximate surface area is 120 Å². The van der Waals surface area contributed by atoms with Gasteiger partial charge < -0.3 is 20.3 Å². The first kappa shape index (κ1) is 15.1. The van der Waals surface area contributed by atoms with Crippen LogP contribution in [0.3, 0.4) is 0 Å². The Balaban J connectivity index is 1.57. The molecule has 0 spiro atoms. The molecule has 1 atom stereocenters.